The fourth-order valence-corrected chi connectivity index (χ4v) is 4.29. The lowest BCUT2D eigenvalue weighted by atomic mass is 9.92. The summed E-state index contributed by atoms with van der Waals surface area (Å²) in [4.78, 5) is 0. The van der Waals surface area contributed by atoms with Crippen LogP contribution in [0.4, 0.5) is 0 Å². The molecule has 0 radical (unpaired) electrons. The van der Waals surface area contributed by atoms with Crippen molar-refractivity contribution in [3.05, 3.63) is 32.0 Å². The molecule has 1 N–H and O–H groups in total. The van der Waals surface area contributed by atoms with Crippen molar-refractivity contribution in [1.29, 1.82) is 0 Å². The Balaban J connectivity index is 2.23. The van der Waals surface area contributed by atoms with Crippen LogP contribution < -0.4 is 5.32 Å². The average molecular weight is 332 g/mol. The number of rotatable bonds is 5. The van der Waals surface area contributed by atoms with Crippen LogP contribution in [0.15, 0.2) is 17.7 Å². The third kappa shape index (κ3) is 4.49. The Labute approximate surface area is 136 Å². The number of hydrogen-bond donors (Lipinski definition) is 1. The average Bonchev–Trinajstić information content (AvgIpc) is 2.71. The van der Waals surface area contributed by atoms with E-state index >= 15 is 0 Å². The van der Waals surface area contributed by atoms with Gasteiger partial charge in [0.1, 0.15) is 0 Å². The molecule has 1 nitrogen and oxygen atoms in total. The highest BCUT2D eigenvalue weighted by atomic mass is 35.5. The molecule has 0 aliphatic heterocycles. The lowest BCUT2D eigenvalue weighted by Crippen LogP contribution is -2.24. The monoisotopic (exact) mass is 331 g/mol. The third-order valence-electron chi connectivity index (χ3n) is 3.79. The van der Waals surface area contributed by atoms with Crippen LogP contribution in [0.1, 0.15) is 63.5 Å². The SMILES string of the molecule is CCCNC(/C1=C/CCCCCC1)c1cc(Cl)sc1Cl. The van der Waals surface area contributed by atoms with Crippen LogP contribution in [0.25, 0.3) is 0 Å². The molecule has 1 atom stereocenters. The molecule has 0 saturated heterocycles. The van der Waals surface area contributed by atoms with Crippen LogP contribution in [0.3, 0.4) is 0 Å². The van der Waals surface area contributed by atoms with Crippen LogP contribution in [-0.2, 0) is 0 Å². The Morgan fingerprint density at radius 1 is 1.25 bits per heavy atom. The summed E-state index contributed by atoms with van der Waals surface area (Å²) < 4.78 is 1.60. The van der Waals surface area contributed by atoms with Gasteiger partial charge in [-0.25, -0.2) is 0 Å². The largest absolute Gasteiger partial charge is 0.306 e. The number of nitrogens with one attached hydrogen (secondary N) is 1. The molecule has 1 aromatic rings. The van der Waals surface area contributed by atoms with Gasteiger partial charge in [-0.15, -0.1) is 11.3 Å². The molecular formula is C16H23Cl2NS. The predicted octanol–water partition coefficient (Wildman–Crippen LogP) is 6.38. The van der Waals surface area contributed by atoms with Gasteiger partial charge in [-0.1, -0.05) is 54.6 Å². The topological polar surface area (TPSA) is 12.0 Å². The molecule has 20 heavy (non-hydrogen) atoms. The van der Waals surface area contributed by atoms with E-state index in [9.17, 15) is 0 Å². The Kier molecular flexibility index (Phi) is 6.89. The van der Waals surface area contributed by atoms with Crippen LogP contribution in [0, 0.1) is 0 Å². The zero-order chi connectivity index (χ0) is 14.4. The Bertz CT molecular complexity index is 453. The fraction of sp³-hybridized carbons (Fsp3) is 0.625. The van der Waals surface area contributed by atoms with E-state index in [0.717, 1.165) is 27.2 Å². The van der Waals surface area contributed by atoms with Gasteiger partial charge in [-0.3, -0.25) is 0 Å². The van der Waals surface area contributed by atoms with Crippen molar-refractivity contribution < 1.29 is 0 Å². The molecule has 4 heteroatoms. The molecule has 0 fully saturated rings. The first-order valence-electron chi connectivity index (χ1n) is 7.59. The lowest BCUT2D eigenvalue weighted by molar-refractivity contribution is 0.541. The third-order valence-corrected chi connectivity index (χ3v) is 5.31. The van der Waals surface area contributed by atoms with Gasteiger partial charge < -0.3 is 5.32 Å². The van der Waals surface area contributed by atoms with Gasteiger partial charge in [-0.2, -0.15) is 0 Å². The number of allylic oxidation sites excluding steroid dienone is 1. The molecule has 0 spiro atoms. The smallest absolute Gasteiger partial charge is 0.0995 e. The maximum Gasteiger partial charge on any atom is 0.0995 e. The minimum absolute atomic E-state index is 0.240. The van der Waals surface area contributed by atoms with Gasteiger partial charge in [0.05, 0.1) is 14.7 Å². The standard InChI is InChI=1S/C16H23Cl2NS/c1-2-10-19-15(13-11-14(17)20-16(13)18)12-8-6-4-3-5-7-9-12/h8,11,15,19H,2-7,9-10H2,1H3/b12-8+. The van der Waals surface area contributed by atoms with Crippen molar-refractivity contribution >= 4 is 34.5 Å². The highest BCUT2D eigenvalue weighted by Crippen LogP contribution is 2.39. The van der Waals surface area contributed by atoms with E-state index < -0.39 is 0 Å². The number of halogens is 2. The molecule has 0 aromatic carbocycles. The van der Waals surface area contributed by atoms with Gasteiger partial charge in [0.15, 0.2) is 0 Å². The molecule has 0 bridgehead atoms. The summed E-state index contributed by atoms with van der Waals surface area (Å²) in [6, 6.07) is 2.27. The van der Waals surface area contributed by atoms with E-state index in [1.165, 1.54) is 55.4 Å². The first-order chi connectivity index (χ1) is 9.72. The molecule has 1 aliphatic carbocycles. The number of hydrogen-bond acceptors (Lipinski definition) is 2. The summed E-state index contributed by atoms with van der Waals surface area (Å²) in [6.07, 6.45) is 11.2. The minimum Gasteiger partial charge on any atom is -0.306 e. The van der Waals surface area contributed by atoms with Crippen LogP contribution in [0.2, 0.25) is 8.67 Å². The first kappa shape index (κ1) is 16.4. The molecule has 1 heterocycles. The van der Waals surface area contributed by atoms with Gasteiger partial charge in [-0.05, 0) is 44.7 Å². The first-order valence-corrected chi connectivity index (χ1v) is 9.16. The van der Waals surface area contributed by atoms with Gasteiger partial charge >= 0.3 is 0 Å². The number of thiophene rings is 1. The zero-order valence-electron chi connectivity index (χ0n) is 12.1. The molecule has 112 valence electrons. The van der Waals surface area contributed by atoms with Crippen molar-refractivity contribution in [2.45, 2.75) is 57.9 Å². The van der Waals surface area contributed by atoms with Gasteiger partial charge in [0, 0.05) is 5.56 Å². The highest BCUT2D eigenvalue weighted by Gasteiger charge is 2.21. The zero-order valence-corrected chi connectivity index (χ0v) is 14.4. The Hall–Kier alpha value is -0.0200. The van der Waals surface area contributed by atoms with Crippen molar-refractivity contribution in [1.82, 2.24) is 5.32 Å². The maximum atomic E-state index is 6.38. The summed E-state index contributed by atoms with van der Waals surface area (Å²) >= 11 is 14.0. The van der Waals surface area contributed by atoms with E-state index in [2.05, 4.69) is 18.3 Å². The Morgan fingerprint density at radius 2 is 2.05 bits per heavy atom. The predicted molar refractivity (Wildman–Crippen MR) is 91.2 cm³/mol. The van der Waals surface area contributed by atoms with Gasteiger partial charge in [0.25, 0.3) is 0 Å². The second kappa shape index (κ2) is 8.43. The van der Waals surface area contributed by atoms with Gasteiger partial charge in [0.2, 0.25) is 0 Å². The molecule has 0 saturated carbocycles. The van der Waals surface area contributed by atoms with E-state index in [1.54, 1.807) is 0 Å². The van der Waals surface area contributed by atoms with Crippen LogP contribution in [0.5, 0.6) is 0 Å². The minimum atomic E-state index is 0.240. The summed E-state index contributed by atoms with van der Waals surface area (Å²) in [5.41, 5.74) is 2.65. The molecule has 1 aliphatic rings. The summed E-state index contributed by atoms with van der Waals surface area (Å²) in [5.74, 6) is 0. The maximum absolute atomic E-state index is 6.38. The second-order valence-electron chi connectivity index (χ2n) is 5.40. The van der Waals surface area contributed by atoms with E-state index in [4.69, 9.17) is 23.2 Å². The van der Waals surface area contributed by atoms with Crippen molar-refractivity contribution in [2.24, 2.45) is 0 Å². The lowest BCUT2D eigenvalue weighted by Gasteiger charge is -2.23. The van der Waals surface area contributed by atoms with Crippen LogP contribution >= 0.6 is 34.5 Å². The molecular weight excluding hydrogens is 309 g/mol. The fourth-order valence-electron chi connectivity index (χ4n) is 2.76. The van der Waals surface area contributed by atoms with E-state index in [-0.39, 0.29) is 6.04 Å². The second-order valence-corrected chi connectivity index (χ2v) is 7.68. The molecule has 1 unspecified atom stereocenters. The van der Waals surface area contributed by atoms with Crippen molar-refractivity contribution in [3.8, 4) is 0 Å². The summed E-state index contributed by atoms with van der Waals surface area (Å²) in [7, 11) is 0. The van der Waals surface area contributed by atoms with E-state index in [1.807, 2.05) is 6.07 Å². The molecule has 0 amide bonds. The summed E-state index contributed by atoms with van der Waals surface area (Å²) in [5, 5.41) is 3.65. The summed E-state index contributed by atoms with van der Waals surface area (Å²) in [6.45, 7) is 3.20. The van der Waals surface area contributed by atoms with E-state index in [0.29, 0.717) is 0 Å². The molecule has 1 aromatic heterocycles. The van der Waals surface area contributed by atoms with Crippen molar-refractivity contribution in [3.63, 3.8) is 0 Å². The quantitative estimate of drug-likeness (QED) is 0.617. The highest BCUT2D eigenvalue weighted by molar-refractivity contribution is 7.20. The normalized spacial score (nSPS) is 20.9. The van der Waals surface area contributed by atoms with Crippen LogP contribution in [-0.4, -0.2) is 6.54 Å². The molecule has 2 rings (SSSR count). The van der Waals surface area contributed by atoms with Crippen molar-refractivity contribution in [2.75, 3.05) is 6.54 Å². The Morgan fingerprint density at radius 3 is 2.75 bits per heavy atom.